The van der Waals surface area contributed by atoms with Gasteiger partial charge in [-0.3, -0.25) is 4.74 Å². The van der Waals surface area contributed by atoms with Gasteiger partial charge in [-0.1, -0.05) is 0 Å². The Kier molecular flexibility index (Phi) is 4.00. The van der Waals surface area contributed by atoms with Crippen LogP contribution in [0, 0.1) is 0 Å². The van der Waals surface area contributed by atoms with Crippen molar-refractivity contribution in [3.05, 3.63) is 0 Å². The lowest BCUT2D eigenvalue weighted by Gasteiger charge is -2.20. The van der Waals surface area contributed by atoms with Crippen molar-refractivity contribution in [2.75, 3.05) is 0 Å². The average molecular weight is 190 g/mol. The molecule has 0 saturated carbocycles. The minimum atomic E-state index is -3.36. The van der Waals surface area contributed by atoms with Gasteiger partial charge in [0.15, 0.2) is 0 Å². The third-order valence-electron chi connectivity index (χ3n) is 0.726. The molecule has 0 bridgehead atoms. The standard InChI is InChI=1S/C3H8F2O5Si/c4-2(5)10-3(6,7)1-11(8)9/h2,6-9,11H,1H2. The molecule has 0 fully saturated rings. The van der Waals surface area contributed by atoms with Crippen molar-refractivity contribution < 1.29 is 33.3 Å². The first kappa shape index (κ1) is 10.9. The van der Waals surface area contributed by atoms with Crippen LogP contribution < -0.4 is 0 Å². The number of halogens is 2. The molecule has 0 amide bonds. The first-order valence-electron chi connectivity index (χ1n) is 2.60. The Morgan fingerprint density at radius 3 is 2.09 bits per heavy atom. The normalized spacial score (nSPS) is 13.1. The van der Waals surface area contributed by atoms with Crippen molar-refractivity contribution in [1.29, 1.82) is 0 Å². The summed E-state index contributed by atoms with van der Waals surface area (Å²) in [6.07, 6.45) is 0. The van der Waals surface area contributed by atoms with Gasteiger partial charge in [-0.15, -0.1) is 0 Å². The van der Waals surface area contributed by atoms with Gasteiger partial charge in [-0.25, -0.2) is 0 Å². The van der Waals surface area contributed by atoms with Crippen LogP contribution in [0.25, 0.3) is 0 Å². The minimum Gasteiger partial charge on any atom is -0.413 e. The van der Waals surface area contributed by atoms with Crippen molar-refractivity contribution in [3.63, 3.8) is 0 Å². The summed E-state index contributed by atoms with van der Waals surface area (Å²) in [5, 5.41) is 16.8. The highest BCUT2D eigenvalue weighted by Crippen LogP contribution is 2.13. The molecule has 0 aliphatic carbocycles. The van der Waals surface area contributed by atoms with Crippen molar-refractivity contribution in [2.45, 2.75) is 18.6 Å². The molecule has 0 spiro atoms. The Labute approximate surface area is 62.3 Å². The summed E-state index contributed by atoms with van der Waals surface area (Å²) in [6.45, 7) is -3.36. The van der Waals surface area contributed by atoms with E-state index in [-0.39, 0.29) is 0 Å². The van der Waals surface area contributed by atoms with Crippen molar-refractivity contribution in [1.82, 2.24) is 0 Å². The molecule has 4 N–H and O–H groups in total. The smallest absolute Gasteiger partial charge is 0.349 e. The van der Waals surface area contributed by atoms with E-state index in [0.29, 0.717) is 0 Å². The molecule has 0 unspecified atom stereocenters. The summed E-state index contributed by atoms with van der Waals surface area (Å²) in [7, 11) is -3.31. The zero-order valence-electron chi connectivity index (χ0n) is 5.31. The van der Waals surface area contributed by atoms with Gasteiger partial charge in [-0.05, 0) is 0 Å². The lowest BCUT2D eigenvalue weighted by molar-refractivity contribution is -0.381. The molecule has 0 atom stereocenters. The van der Waals surface area contributed by atoms with E-state index in [1.807, 2.05) is 0 Å². The number of hydrogen-bond acceptors (Lipinski definition) is 5. The number of alkyl halides is 2. The molecule has 8 heteroatoms. The maximum atomic E-state index is 11.3. The molecule has 11 heavy (non-hydrogen) atoms. The van der Waals surface area contributed by atoms with Crippen LogP contribution >= 0.6 is 0 Å². The molecular weight excluding hydrogens is 182 g/mol. The second-order valence-electron chi connectivity index (χ2n) is 1.81. The molecule has 68 valence electrons. The van der Waals surface area contributed by atoms with Gasteiger partial charge < -0.3 is 19.8 Å². The Balaban J connectivity index is 3.79. The monoisotopic (exact) mass is 190 g/mol. The zero-order chi connectivity index (χ0) is 9.07. The predicted molar refractivity (Wildman–Crippen MR) is 30.7 cm³/mol. The van der Waals surface area contributed by atoms with Gasteiger partial charge in [0, 0.05) is 0 Å². The fraction of sp³-hybridized carbons (Fsp3) is 1.00. The lowest BCUT2D eigenvalue weighted by atomic mass is 10.6. The van der Waals surface area contributed by atoms with Gasteiger partial charge in [-0.2, -0.15) is 8.78 Å². The van der Waals surface area contributed by atoms with Crippen LogP contribution in [0.2, 0.25) is 6.04 Å². The molecular formula is C3H8F2O5Si. The van der Waals surface area contributed by atoms with Gasteiger partial charge >= 0.3 is 15.9 Å². The van der Waals surface area contributed by atoms with Crippen LogP contribution in [0.3, 0.4) is 0 Å². The Bertz CT molecular complexity index is 106. The summed E-state index contributed by atoms with van der Waals surface area (Å²) >= 11 is 0. The second-order valence-corrected chi connectivity index (χ2v) is 3.18. The largest absolute Gasteiger partial charge is 0.413 e. The van der Waals surface area contributed by atoms with E-state index in [1.165, 1.54) is 0 Å². The van der Waals surface area contributed by atoms with E-state index in [2.05, 4.69) is 4.74 Å². The number of hydrogen-bond donors (Lipinski definition) is 4. The number of rotatable bonds is 4. The third kappa shape index (κ3) is 6.28. The molecule has 0 radical (unpaired) electrons. The highest BCUT2D eigenvalue weighted by atomic mass is 28.3. The van der Waals surface area contributed by atoms with Crippen LogP contribution in [-0.4, -0.2) is 41.7 Å². The van der Waals surface area contributed by atoms with E-state index in [0.717, 1.165) is 0 Å². The zero-order valence-corrected chi connectivity index (χ0v) is 6.47. The summed E-state index contributed by atoms with van der Waals surface area (Å²) in [5.74, 6) is -3.14. The van der Waals surface area contributed by atoms with Crippen LogP contribution in [-0.2, 0) is 4.74 Å². The van der Waals surface area contributed by atoms with Gasteiger partial charge in [0.2, 0.25) is 0 Å². The molecule has 0 heterocycles. The molecule has 5 nitrogen and oxygen atoms in total. The average Bonchev–Trinajstić information content (AvgIpc) is 1.53. The van der Waals surface area contributed by atoms with E-state index < -0.39 is 27.9 Å². The fourth-order valence-electron chi connectivity index (χ4n) is 0.429. The lowest BCUT2D eigenvalue weighted by Crippen LogP contribution is -2.38. The number of aliphatic hydroxyl groups is 2. The summed E-state index contributed by atoms with van der Waals surface area (Å²) in [4.78, 5) is 16.5. The summed E-state index contributed by atoms with van der Waals surface area (Å²) in [6, 6.07) is -0.989. The Morgan fingerprint density at radius 1 is 1.36 bits per heavy atom. The number of ether oxygens (including phenoxy) is 1. The molecule has 0 aromatic rings. The third-order valence-corrected chi connectivity index (χ3v) is 1.62. The molecule has 0 aromatic heterocycles. The molecule has 0 aliphatic rings. The molecule has 0 saturated heterocycles. The van der Waals surface area contributed by atoms with Crippen molar-refractivity contribution in [2.24, 2.45) is 0 Å². The predicted octanol–water partition coefficient (Wildman–Crippen LogP) is -1.93. The highest BCUT2D eigenvalue weighted by Gasteiger charge is 2.32. The molecule has 0 rings (SSSR count). The Hall–Kier alpha value is -0.123. The Morgan fingerprint density at radius 2 is 1.82 bits per heavy atom. The quantitative estimate of drug-likeness (QED) is 0.306. The van der Waals surface area contributed by atoms with Gasteiger partial charge in [0.25, 0.3) is 5.97 Å². The first-order chi connectivity index (χ1) is 4.83. The molecule has 0 aromatic carbocycles. The second kappa shape index (κ2) is 4.04. The summed E-state index contributed by atoms with van der Waals surface area (Å²) < 4.78 is 25.8. The maximum Gasteiger partial charge on any atom is 0.349 e. The summed E-state index contributed by atoms with van der Waals surface area (Å²) in [5.41, 5.74) is 0. The molecule has 0 aliphatic heterocycles. The van der Waals surface area contributed by atoms with E-state index in [1.54, 1.807) is 0 Å². The topological polar surface area (TPSA) is 90.2 Å². The van der Waals surface area contributed by atoms with Gasteiger partial charge in [0.05, 0.1) is 6.04 Å². The highest BCUT2D eigenvalue weighted by molar-refractivity contribution is 6.41. The first-order valence-corrected chi connectivity index (χ1v) is 4.45. The maximum absolute atomic E-state index is 11.3. The SMILES string of the molecule is O[SiH](O)CC(O)(O)OC(F)F. The minimum absolute atomic E-state index is 0.989. The van der Waals surface area contributed by atoms with E-state index in [9.17, 15) is 8.78 Å². The van der Waals surface area contributed by atoms with Gasteiger partial charge in [0.1, 0.15) is 0 Å². The fourth-order valence-corrected chi connectivity index (χ4v) is 1.00. The van der Waals surface area contributed by atoms with Crippen LogP contribution in [0.15, 0.2) is 0 Å². The van der Waals surface area contributed by atoms with E-state index >= 15 is 0 Å². The van der Waals surface area contributed by atoms with Crippen LogP contribution in [0.5, 0.6) is 0 Å². The van der Waals surface area contributed by atoms with Crippen LogP contribution in [0.4, 0.5) is 8.78 Å². The van der Waals surface area contributed by atoms with Crippen LogP contribution in [0.1, 0.15) is 0 Å². The van der Waals surface area contributed by atoms with Crippen molar-refractivity contribution >= 4 is 9.28 Å². The van der Waals surface area contributed by atoms with Crippen molar-refractivity contribution in [3.8, 4) is 0 Å². The van der Waals surface area contributed by atoms with E-state index in [4.69, 9.17) is 19.8 Å².